The minimum Gasteiger partial charge on any atom is -0.481 e. The number of ether oxygens (including phenoxy) is 1. The Balaban J connectivity index is 0.000000633. The maximum absolute atomic E-state index is 12.1. The number of carboxylic acids is 2. The van der Waals surface area contributed by atoms with Gasteiger partial charge in [-0.3, -0.25) is 14.6 Å². The van der Waals surface area contributed by atoms with Gasteiger partial charge in [-0.2, -0.15) is 13.2 Å². The van der Waals surface area contributed by atoms with Crippen LogP contribution in [0.15, 0.2) is 48.7 Å². The molecule has 0 saturated carbocycles. The first kappa shape index (κ1) is 27.1. The zero-order valence-electron chi connectivity index (χ0n) is 16.4. The van der Waals surface area contributed by atoms with E-state index in [2.05, 4.69) is 10.3 Å². The second kappa shape index (κ2) is 14.2. The number of aliphatic carboxylic acids is 2. The van der Waals surface area contributed by atoms with Crippen LogP contribution in [-0.4, -0.2) is 57.3 Å². The summed E-state index contributed by atoms with van der Waals surface area (Å²) in [4.78, 5) is 35.4. The third-order valence-electron chi connectivity index (χ3n) is 3.14. The minimum absolute atomic E-state index is 0.141. The van der Waals surface area contributed by atoms with Crippen molar-refractivity contribution in [2.75, 3.05) is 18.1 Å². The molecule has 0 fully saturated rings. The van der Waals surface area contributed by atoms with Gasteiger partial charge in [0.1, 0.15) is 17.2 Å². The fourth-order valence-corrected chi connectivity index (χ4v) is 3.65. The van der Waals surface area contributed by atoms with Gasteiger partial charge in [-0.25, -0.2) is 4.79 Å². The van der Waals surface area contributed by atoms with E-state index < -0.39 is 18.1 Å². The highest BCUT2D eigenvalue weighted by Gasteiger charge is 2.38. The van der Waals surface area contributed by atoms with Gasteiger partial charge in [0, 0.05) is 30.3 Å². The van der Waals surface area contributed by atoms with Crippen molar-refractivity contribution >= 4 is 39.4 Å². The van der Waals surface area contributed by atoms with Crippen LogP contribution in [0.25, 0.3) is 0 Å². The Bertz CT molecular complexity index is 885. The normalized spacial score (nSPS) is 10.5. The first-order chi connectivity index (χ1) is 15.1. The number of alkyl halides is 3. The molecule has 0 aliphatic carbocycles. The van der Waals surface area contributed by atoms with Gasteiger partial charge in [0.15, 0.2) is 0 Å². The van der Waals surface area contributed by atoms with Crippen molar-refractivity contribution in [3.05, 3.63) is 54.4 Å². The summed E-state index contributed by atoms with van der Waals surface area (Å²) in [7, 11) is 3.01. The van der Waals surface area contributed by atoms with E-state index in [-0.39, 0.29) is 18.0 Å². The van der Waals surface area contributed by atoms with Gasteiger partial charge in [0.05, 0.1) is 6.42 Å². The summed E-state index contributed by atoms with van der Waals surface area (Å²) in [5.74, 6) is -1.35. The van der Waals surface area contributed by atoms with Gasteiger partial charge in [0.2, 0.25) is 0 Å². The molecule has 2 aromatic rings. The quantitative estimate of drug-likeness (QED) is 0.332. The SMILES string of the molecule is O=C(O)C(F)(F)F.O=C(O)CCSSCCNC(=O)c1cc(Oc2ccccc2)ccn1. The van der Waals surface area contributed by atoms with Crippen molar-refractivity contribution in [3.8, 4) is 11.5 Å². The number of nitrogens with one attached hydrogen (secondary N) is 1. The van der Waals surface area contributed by atoms with Crippen LogP contribution in [0.5, 0.6) is 11.5 Å². The fourth-order valence-electron chi connectivity index (χ4n) is 1.77. The number of benzene rings is 1. The van der Waals surface area contributed by atoms with E-state index in [0.717, 1.165) is 0 Å². The van der Waals surface area contributed by atoms with Gasteiger partial charge in [-0.05, 0) is 18.2 Å². The minimum atomic E-state index is -5.08. The number of carboxylic acid groups (broad SMARTS) is 2. The molecule has 3 N–H and O–H groups in total. The van der Waals surface area contributed by atoms with E-state index in [0.29, 0.717) is 29.5 Å². The number of para-hydroxylation sites is 1. The van der Waals surface area contributed by atoms with E-state index in [1.807, 2.05) is 30.3 Å². The molecule has 174 valence electrons. The van der Waals surface area contributed by atoms with Crippen LogP contribution < -0.4 is 10.1 Å². The van der Waals surface area contributed by atoms with E-state index in [1.165, 1.54) is 27.8 Å². The van der Waals surface area contributed by atoms with Crippen LogP contribution >= 0.6 is 21.6 Å². The summed E-state index contributed by atoms with van der Waals surface area (Å²) in [6.07, 6.45) is -3.41. The van der Waals surface area contributed by atoms with E-state index in [1.54, 1.807) is 12.1 Å². The van der Waals surface area contributed by atoms with Crippen molar-refractivity contribution in [3.63, 3.8) is 0 Å². The largest absolute Gasteiger partial charge is 0.490 e. The third-order valence-corrected chi connectivity index (χ3v) is 5.55. The Labute approximate surface area is 189 Å². The highest BCUT2D eigenvalue weighted by atomic mass is 33.1. The molecule has 0 unspecified atom stereocenters. The summed E-state index contributed by atoms with van der Waals surface area (Å²) in [5, 5.41) is 18.4. The Morgan fingerprint density at radius 3 is 2.22 bits per heavy atom. The monoisotopic (exact) mass is 492 g/mol. The van der Waals surface area contributed by atoms with Crippen molar-refractivity contribution < 1.29 is 42.5 Å². The molecule has 0 aliphatic rings. The Morgan fingerprint density at radius 2 is 1.62 bits per heavy atom. The summed E-state index contributed by atoms with van der Waals surface area (Å²) in [6, 6.07) is 12.6. The smallest absolute Gasteiger partial charge is 0.481 e. The van der Waals surface area contributed by atoms with Crippen molar-refractivity contribution in [2.24, 2.45) is 0 Å². The molecule has 0 aliphatic heterocycles. The molecule has 0 spiro atoms. The number of pyridine rings is 1. The van der Waals surface area contributed by atoms with Crippen LogP contribution in [-0.2, 0) is 9.59 Å². The number of aromatic nitrogens is 1. The van der Waals surface area contributed by atoms with Crippen LogP contribution in [0, 0.1) is 0 Å². The van der Waals surface area contributed by atoms with Gasteiger partial charge < -0.3 is 20.3 Å². The van der Waals surface area contributed by atoms with Gasteiger partial charge in [0.25, 0.3) is 5.91 Å². The summed E-state index contributed by atoms with van der Waals surface area (Å²) in [5.41, 5.74) is 0.289. The lowest BCUT2D eigenvalue weighted by Crippen LogP contribution is -2.26. The number of nitrogens with zero attached hydrogens (tertiary/aromatic N) is 1. The molecule has 1 aromatic heterocycles. The van der Waals surface area contributed by atoms with E-state index >= 15 is 0 Å². The van der Waals surface area contributed by atoms with Crippen LogP contribution in [0.2, 0.25) is 0 Å². The molecule has 8 nitrogen and oxygen atoms in total. The molecular formula is C19H19F3N2O6S2. The number of carbonyl (C=O) groups is 3. The number of hydrogen-bond donors (Lipinski definition) is 3. The first-order valence-corrected chi connectivity index (χ1v) is 11.3. The second-order valence-corrected chi connectivity index (χ2v) is 8.34. The third kappa shape index (κ3) is 12.1. The summed E-state index contributed by atoms with van der Waals surface area (Å²) >= 11 is 0. The zero-order valence-corrected chi connectivity index (χ0v) is 18.0. The highest BCUT2D eigenvalue weighted by molar-refractivity contribution is 8.76. The lowest BCUT2D eigenvalue weighted by Gasteiger charge is -2.07. The van der Waals surface area contributed by atoms with E-state index in [9.17, 15) is 22.8 Å². The summed E-state index contributed by atoms with van der Waals surface area (Å²) < 4.78 is 37.4. The molecule has 13 heteroatoms. The van der Waals surface area contributed by atoms with Gasteiger partial charge >= 0.3 is 18.1 Å². The van der Waals surface area contributed by atoms with Crippen molar-refractivity contribution in [1.82, 2.24) is 10.3 Å². The molecule has 0 saturated heterocycles. The topological polar surface area (TPSA) is 126 Å². The van der Waals surface area contributed by atoms with Gasteiger partial charge in [-0.1, -0.05) is 39.8 Å². The molecule has 1 aromatic carbocycles. The predicted octanol–water partition coefficient (Wildman–Crippen LogP) is 4.09. The van der Waals surface area contributed by atoms with Gasteiger partial charge in [-0.15, -0.1) is 0 Å². The molecule has 32 heavy (non-hydrogen) atoms. The van der Waals surface area contributed by atoms with Crippen molar-refractivity contribution in [2.45, 2.75) is 12.6 Å². The van der Waals surface area contributed by atoms with E-state index in [4.69, 9.17) is 19.7 Å². The number of amides is 1. The Hall–Kier alpha value is -2.93. The first-order valence-electron chi connectivity index (χ1n) is 8.83. The molecular weight excluding hydrogens is 473 g/mol. The van der Waals surface area contributed by atoms with Crippen LogP contribution in [0.1, 0.15) is 16.9 Å². The Kier molecular flexibility index (Phi) is 12.0. The number of hydrogen-bond acceptors (Lipinski definition) is 7. The number of halogens is 3. The molecule has 0 atom stereocenters. The maximum atomic E-state index is 12.1. The van der Waals surface area contributed by atoms with Crippen LogP contribution in [0.4, 0.5) is 13.2 Å². The lowest BCUT2D eigenvalue weighted by atomic mass is 10.3. The molecule has 0 radical (unpaired) electrons. The lowest BCUT2D eigenvalue weighted by molar-refractivity contribution is -0.192. The Morgan fingerprint density at radius 1 is 1.00 bits per heavy atom. The highest BCUT2D eigenvalue weighted by Crippen LogP contribution is 2.22. The number of rotatable bonds is 10. The molecule has 1 heterocycles. The molecule has 1 amide bonds. The van der Waals surface area contributed by atoms with Crippen molar-refractivity contribution in [1.29, 1.82) is 0 Å². The van der Waals surface area contributed by atoms with Crippen LogP contribution in [0.3, 0.4) is 0 Å². The number of carbonyl (C=O) groups excluding carboxylic acids is 1. The predicted molar refractivity (Wildman–Crippen MR) is 114 cm³/mol. The molecule has 2 rings (SSSR count). The average Bonchev–Trinajstić information content (AvgIpc) is 2.73. The summed E-state index contributed by atoms with van der Waals surface area (Å²) in [6.45, 7) is 0.481. The zero-order chi connectivity index (χ0) is 24.0. The average molecular weight is 492 g/mol. The standard InChI is InChI=1S/C17H18N2O4S2.C2HF3O2/c20-16(21)7-10-24-25-11-9-19-17(22)15-12-14(6-8-18-15)23-13-4-2-1-3-5-13;3-2(4,5)1(6)7/h1-6,8,12H,7,9-11H2,(H,19,22)(H,20,21);(H,6,7). The fraction of sp³-hybridized carbons (Fsp3) is 0.263. The second-order valence-electron chi connectivity index (χ2n) is 5.64. The molecule has 0 bridgehead atoms. The maximum Gasteiger partial charge on any atom is 0.490 e.